The highest BCUT2D eigenvalue weighted by atomic mass is 16.6. The molecule has 0 aliphatic rings. The maximum atomic E-state index is 5.63. The fourth-order valence-corrected chi connectivity index (χ4v) is 2.76. The number of methoxy groups -OCH3 is 1. The molecule has 3 aromatic rings. The van der Waals surface area contributed by atoms with E-state index in [-0.39, 0.29) is 0 Å². The molecule has 3 rings (SSSR count). The molecular formula is C24H24NO3. The van der Waals surface area contributed by atoms with Gasteiger partial charge in [0, 0.05) is 6.07 Å². The van der Waals surface area contributed by atoms with Crippen LogP contribution in [0.3, 0.4) is 0 Å². The van der Waals surface area contributed by atoms with E-state index < -0.39 is 0 Å². The zero-order chi connectivity index (χ0) is 19.6. The third-order valence-corrected chi connectivity index (χ3v) is 4.25. The molecule has 0 saturated carbocycles. The summed E-state index contributed by atoms with van der Waals surface area (Å²) < 4.78 is 10.8. The van der Waals surface area contributed by atoms with Gasteiger partial charge in [0.05, 0.1) is 12.8 Å². The molecule has 4 heteroatoms. The zero-order valence-corrected chi connectivity index (χ0v) is 16.2. The average Bonchev–Trinajstić information content (AvgIpc) is 2.77. The van der Waals surface area contributed by atoms with Crippen molar-refractivity contribution in [2.75, 3.05) is 20.3 Å². The second-order valence-electron chi connectivity index (χ2n) is 6.13. The molecule has 4 nitrogen and oxygen atoms in total. The molecule has 0 aliphatic carbocycles. The van der Waals surface area contributed by atoms with Crippen LogP contribution in [0.5, 0.6) is 11.5 Å². The Hall–Kier alpha value is -3.27. The number of benzene rings is 3. The number of rotatable bonds is 9. The van der Waals surface area contributed by atoms with Crippen molar-refractivity contribution in [2.24, 2.45) is 5.16 Å². The van der Waals surface area contributed by atoms with Crippen LogP contribution in [-0.4, -0.2) is 26.0 Å². The van der Waals surface area contributed by atoms with Crippen molar-refractivity contribution in [2.45, 2.75) is 13.3 Å². The van der Waals surface area contributed by atoms with E-state index in [0.717, 1.165) is 17.7 Å². The van der Waals surface area contributed by atoms with Crippen molar-refractivity contribution in [3.8, 4) is 22.6 Å². The molecule has 1 radical (unpaired) electrons. The van der Waals surface area contributed by atoms with Crippen LogP contribution < -0.4 is 9.47 Å². The molecular weight excluding hydrogens is 350 g/mol. The van der Waals surface area contributed by atoms with Gasteiger partial charge in [-0.3, -0.25) is 0 Å². The van der Waals surface area contributed by atoms with Gasteiger partial charge in [-0.05, 0) is 41.3 Å². The summed E-state index contributed by atoms with van der Waals surface area (Å²) in [6.07, 6.45) is 0.788. The van der Waals surface area contributed by atoms with Crippen molar-refractivity contribution in [1.29, 1.82) is 0 Å². The number of nitrogens with zero attached hydrogens (tertiary/aromatic N) is 1. The zero-order valence-electron chi connectivity index (χ0n) is 16.2. The van der Waals surface area contributed by atoms with Crippen LogP contribution in [0.15, 0.2) is 78.0 Å². The lowest BCUT2D eigenvalue weighted by Gasteiger charge is -2.08. The molecule has 0 N–H and O–H groups in total. The Morgan fingerprint density at radius 1 is 0.893 bits per heavy atom. The van der Waals surface area contributed by atoms with E-state index in [4.69, 9.17) is 14.3 Å². The number of hydrogen-bond donors (Lipinski definition) is 0. The quantitative estimate of drug-likeness (QED) is 0.287. The minimum absolute atomic E-state index is 0.364. The van der Waals surface area contributed by atoms with E-state index in [1.807, 2.05) is 24.3 Å². The summed E-state index contributed by atoms with van der Waals surface area (Å²) in [5.74, 6) is 1.41. The van der Waals surface area contributed by atoms with Gasteiger partial charge in [-0.25, -0.2) is 0 Å². The summed E-state index contributed by atoms with van der Waals surface area (Å²) in [7, 11) is 1.61. The van der Waals surface area contributed by atoms with Gasteiger partial charge in [-0.15, -0.1) is 0 Å². The molecule has 0 amide bonds. The molecule has 0 bridgehead atoms. The van der Waals surface area contributed by atoms with Crippen LogP contribution in [0.1, 0.15) is 18.9 Å². The van der Waals surface area contributed by atoms with Gasteiger partial charge >= 0.3 is 0 Å². The minimum Gasteiger partial charge on any atom is -0.497 e. The molecule has 0 fully saturated rings. The molecule has 3 aromatic carbocycles. The van der Waals surface area contributed by atoms with E-state index >= 15 is 0 Å². The monoisotopic (exact) mass is 374 g/mol. The van der Waals surface area contributed by atoms with Crippen molar-refractivity contribution >= 4 is 5.71 Å². The summed E-state index contributed by atoms with van der Waals surface area (Å²) in [6.45, 7) is 2.83. The lowest BCUT2D eigenvalue weighted by Crippen LogP contribution is -2.06. The van der Waals surface area contributed by atoms with Gasteiger partial charge in [-0.2, -0.15) is 0 Å². The highest BCUT2D eigenvalue weighted by Crippen LogP contribution is 2.20. The smallest absolute Gasteiger partial charge is 0.151 e. The number of ether oxygens (including phenoxy) is 2. The SMILES string of the molecule is CC/C(=N\OCCOc1c[c]cc(OC)c1)c1ccc(-c2ccccc2)cc1. The maximum Gasteiger partial charge on any atom is 0.151 e. The van der Waals surface area contributed by atoms with Crippen molar-refractivity contribution in [3.05, 3.63) is 84.4 Å². The minimum atomic E-state index is 0.364. The molecule has 28 heavy (non-hydrogen) atoms. The summed E-state index contributed by atoms with van der Waals surface area (Å²) in [5, 5.41) is 4.28. The molecule has 0 saturated heterocycles. The first-order valence-corrected chi connectivity index (χ1v) is 9.32. The van der Waals surface area contributed by atoms with E-state index in [9.17, 15) is 0 Å². The molecule has 0 aromatic heterocycles. The lowest BCUT2D eigenvalue weighted by molar-refractivity contribution is 0.107. The average molecular weight is 374 g/mol. The first kappa shape index (κ1) is 19.5. The predicted octanol–water partition coefficient (Wildman–Crippen LogP) is 5.37. The highest BCUT2D eigenvalue weighted by Gasteiger charge is 2.04. The Bertz CT molecular complexity index is 889. The van der Waals surface area contributed by atoms with Gasteiger partial charge in [0.25, 0.3) is 0 Å². The first-order chi connectivity index (χ1) is 13.8. The number of oxime groups is 1. The fourth-order valence-electron chi connectivity index (χ4n) is 2.76. The Balaban J connectivity index is 1.53. The summed E-state index contributed by atoms with van der Waals surface area (Å²) in [5.41, 5.74) is 4.36. The van der Waals surface area contributed by atoms with E-state index in [2.05, 4.69) is 54.5 Å². The van der Waals surface area contributed by atoms with Crippen LogP contribution in [0.4, 0.5) is 0 Å². The lowest BCUT2D eigenvalue weighted by atomic mass is 10.0. The van der Waals surface area contributed by atoms with Gasteiger partial charge in [0.2, 0.25) is 0 Å². The Kier molecular flexibility index (Phi) is 7.08. The fraction of sp³-hybridized carbons (Fsp3) is 0.208. The number of hydrogen-bond acceptors (Lipinski definition) is 4. The highest BCUT2D eigenvalue weighted by molar-refractivity contribution is 6.00. The van der Waals surface area contributed by atoms with E-state index in [1.54, 1.807) is 19.2 Å². The van der Waals surface area contributed by atoms with Crippen LogP contribution in [0.2, 0.25) is 0 Å². The van der Waals surface area contributed by atoms with Crippen LogP contribution in [0, 0.1) is 6.07 Å². The molecule has 0 spiro atoms. The van der Waals surface area contributed by atoms with Gasteiger partial charge < -0.3 is 14.3 Å². The second kappa shape index (κ2) is 10.2. The second-order valence-corrected chi connectivity index (χ2v) is 6.13. The molecule has 0 heterocycles. The van der Waals surface area contributed by atoms with E-state index in [0.29, 0.717) is 24.7 Å². The topological polar surface area (TPSA) is 40.0 Å². The maximum absolute atomic E-state index is 5.63. The molecule has 0 atom stereocenters. The van der Waals surface area contributed by atoms with Gasteiger partial charge in [-0.1, -0.05) is 66.7 Å². The summed E-state index contributed by atoms with van der Waals surface area (Å²) >= 11 is 0. The van der Waals surface area contributed by atoms with Crippen LogP contribution in [-0.2, 0) is 4.84 Å². The van der Waals surface area contributed by atoms with Crippen LogP contribution in [0.25, 0.3) is 11.1 Å². The molecule has 0 aliphatic heterocycles. The third kappa shape index (κ3) is 5.36. The van der Waals surface area contributed by atoms with Crippen molar-refractivity contribution < 1.29 is 14.3 Å². The van der Waals surface area contributed by atoms with Crippen molar-refractivity contribution in [1.82, 2.24) is 0 Å². The third-order valence-electron chi connectivity index (χ3n) is 4.25. The molecule has 0 unspecified atom stereocenters. The molecule has 143 valence electrons. The Morgan fingerprint density at radius 2 is 1.61 bits per heavy atom. The van der Waals surface area contributed by atoms with Gasteiger partial charge in [0.1, 0.15) is 18.1 Å². The predicted molar refractivity (Wildman–Crippen MR) is 112 cm³/mol. The largest absolute Gasteiger partial charge is 0.497 e. The first-order valence-electron chi connectivity index (χ1n) is 9.32. The van der Waals surface area contributed by atoms with Crippen molar-refractivity contribution in [3.63, 3.8) is 0 Å². The summed E-state index contributed by atoms with van der Waals surface area (Å²) in [6, 6.07) is 27.0. The summed E-state index contributed by atoms with van der Waals surface area (Å²) in [4.78, 5) is 5.46. The van der Waals surface area contributed by atoms with E-state index in [1.165, 1.54) is 11.1 Å². The standard InChI is InChI=1S/C24H24NO3/c1-3-24(21-14-12-20(13-15-21)19-8-5-4-6-9-19)25-28-17-16-27-23-11-7-10-22(18-23)26-2/h4-6,8-15,18H,3,16-17H2,1-2H3/b25-24+. The normalized spacial score (nSPS) is 11.1. The Morgan fingerprint density at radius 3 is 2.32 bits per heavy atom. The Labute approximate surface area is 166 Å². The van der Waals surface area contributed by atoms with Gasteiger partial charge in [0.15, 0.2) is 6.61 Å². The van der Waals surface area contributed by atoms with Crippen LogP contribution >= 0.6 is 0 Å².